The molecule has 0 saturated heterocycles. The number of thiazole rings is 1. The van der Waals surface area contributed by atoms with E-state index in [1.807, 2.05) is 25.1 Å². The fourth-order valence-corrected chi connectivity index (χ4v) is 4.07. The SMILES string of the molecule is CCOc1cccc2sc(N(CCC[NH+](C)C)C(=O)c3ccc(OC)cc3)nc12. The maximum Gasteiger partial charge on any atom is 0.260 e. The van der Waals surface area contributed by atoms with Gasteiger partial charge in [0.05, 0.1) is 39.1 Å². The molecule has 0 fully saturated rings. The van der Waals surface area contributed by atoms with E-state index < -0.39 is 0 Å². The van der Waals surface area contributed by atoms with Crippen molar-refractivity contribution in [1.82, 2.24) is 4.98 Å². The van der Waals surface area contributed by atoms with Gasteiger partial charge in [-0.15, -0.1) is 0 Å². The van der Waals surface area contributed by atoms with Crippen molar-refractivity contribution in [3.05, 3.63) is 48.0 Å². The second kappa shape index (κ2) is 9.71. The molecule has 0 aliphatic heterocycles. The summed E-state index contributed by atoms with van der Waals surface area (Å²) in [6, 6.07) is 13.1. The number of benzene rings is 2. The van der Waals surface area contributed by atoms with Crippen LogP contribution in [0.3, 0.4) is 0 Å². The lowest BCUT2D eigenvalue weighted by Crippen LogP contribution is -3.05. The number of ether oxygens (including phenoxy) is 2. The third-order valence-electron chi connectivity index (χ3n) is 4.54. The van der Waals surface area contributed by atoms with E-state index in [2.05, 4.69) is 14.1 Å². The van der Waals surface area contributed by atoms with Crippen LogP contribution in [0, 0.1) is 0 Å². The van der Waals surface area contributed by atoms with Crippen LogP contribution in [-0.4, -0.2) is 51.8 Å². The van der Waals surface area contributed by atoms with Gasteiger partial charge in [0.1, 0.15) is 17.0 Å². The smallest absolute Gasteiger partial charge is 0.260 e. The summed E-state index contributed by atoms with van der Waals surface area (Å²) in [7, 11) is 5.84. The van der Waals surface area contributed by atoms with Crippen molar-refractivity contribution in [3.63, 3.8) is 0 Å². The Bertz CT molecular complexity index is 954. The highest BCUT2D eigenvalue weighted by atomic mass is 32.1. The van der Waals surface area contributed by atoms with E-state index in [1.54, 1.807) is 36.3 Å². The number of nitrogens with zero attached hydrogens (tertiary/aromatic N) is 2. The molecule has 3 aromatic rings. The van der Waals surface area contributed by atoms with Gasteiger partial charge in [-0.25, -0.2) is 4.98 Å². The van der Waals surface area contributed by atoms with Crippen LogP contribution in [0.25, 0.3) is 10.2 Å². The molecule has 7 heteroatoms. The van der Waals surface area contributed by atoms with Gasteiger partial charge in [-0.1, -0.05) is 17.4 Å². The van der Waals surface area contributed by atoms with Crippen molar-refractivity contribution in [1.29, 1.82) is 0 Å². The van der Waals surface area contributed by atoms with Gasteiger partial charge < -0.3 is 14.4 Å². The van der Waals surface area contributed by atoms with Crippen molar-refractivity contribution in [2.75, 3.05) is 45.8 Å². The molecule has 1 aromatic heterocycles. The van der Waals surface area contributed by atoms with Gasteiger partial charge in [-0.05, 0) is 43.3 Å². The van der Waals surface area contributed by atoms with Crippen LogP contribution in [0.4, 0.5) is 5.13 Å². The highest BCUT2D eigenvalue weighted by Crippen LogP contribution is 2.35. The summed E-state index contributed by atoms with van der Waals surface area (Å²) in [5.41, 5.74) is 1.42. The first-order chi connectivity index (χ1) is 14.0. The first-order valence-electron chi connectivity index (χ1n) is 9.80. The largest absolute Gasteiger partial charge is 0.497 e. The molecular formula is C22H28N3O3S+. The topological polar surface area (TPSA) is 56.1 Å². The molecular weight excluding hydrogens is 386 g/mol. The Morgan fingerprint density at radius 1 is 1.17 bits per heavy atom. The number of hydrogen-bond donors (Lipinski definition) is 1. The Morgan fingerprint density at radius 3 is 2.59 bits per heavy atom. The van der Waals surface area contributed by atoms with Crippen LogP contribution in [0.1, 0.15) is 23.7 Å². The van der Waals surface area contributed by atoms with E-state index in [9.17, 15) is 4.79 Å². The number of fused-ring (bicyclic) bond motifs is 1. The fraction of sp³-hybridized carbons (Fsp3) is 0.364. The Morgan fingerprint density at radius 2 is 1.93 bits per heavy atom. The summed E-state index contributed by atoms with van der Waals surface area (Å²) >= 11 is 1.52. The highest BCUT2D eigenvalue weighted by Gasteiger charge is 2.22. The number of hydrogen-bond acceptors (Lipinski definition) is 5. The third-order valence-corrected chi connectivity index (χ3v) is 5.59. The summed E-state index contributed by atoms with van der Waals surface area (Å²) in [6.45, 7) is 4.11. The van der Waals surface area contributed by atoms with E-state index in [-0.39, 0.29) is 5.91 Å². The molecule has 0 aliphatic carbocycles. The molecule has 0 radical (unpaired) electrons. The van der Waals surface area contributed by atoms with Crippen LogP contribution >= 0.6 is 11.3 Å². The minimum atomic E-state index is -0.0570. The molecule has 0 spiro atoms. The number of aromatic nitrogens is 1. The summed E-state index contributed by atoms with van der Waals surface area (Å²) in [6.07, 6.45) is 0.887. The molecule has 3 rings (SSSR count). The molecule has 29 heavy (non-hydrogen) atoms. The van der Waals surface area contributed by atoms with E-state index in [0.29, 0.717) is 23.8 Å². The van der Waals surface area contributed by atoms with Crippen LogP contribution in [0.5, 0.6) is 11.5 Å². The monoisotopic (exact) mass is 414 g/mol. The van der Waals surface area contributed by atoms with Crippen molar-refractivity contribution in [2.24, 2.45) is 0 Å². The minimum Gasteiger partial charge on any atom is -0.497 e. The lowest BCUT2D eigenvalue weighted by Gasteiger charge is -2.20. The molecule has 6 nitrogen and oxygen atoms in total. The number of methoxy groups -OCH3 is 1. The summed E-state index contributed by atoms with van der Waals surface area (Å²) in [5.74, 6) is 1.42. The summed E-state index contributed by atoms with van der Waals surface area (Å²) in [5, 5.41) is 0.696. The molecule has 0 saturated carbocycles. The van der Waals surface area contributed by atoms with Crippen molar-refractivity contribution in [2.45, 2.75) is 13.3 Å². The predicted octanol–water partition coefficient (Wildman–Crippen LogP) is 2.89. The molecule has 0 bridgehead atoms. The molecule has 1 N–H and O–H groups in total. The van der Waals surface area contributed by atoms with Crippen LogP contribution in [-0.2, 0) is 0 Å². The number of nitrogens with one attached hydrogen (secondary N) is 1. The average molecular weight is 415 g/mol. The van der Waals surface area contributed by atoms with E-state index in [4.69, 9.17) is 14.5 Å². The molecule has 0 aliphatic rings. The molecule has 2 aromatic carbocycles. The zero-order chi connectivity index (χ0) is 20.8. The minimum absolute atomic E-state index is 0.0570. The van der Waals surface area contributed by atoms with E-state index in [0.717, 1.165) is 34.7 Å². The van der Waals surface area contributed by atoms with Gasteiger partial charge in [-0.2, -0.15) is 0 Å². The Hall–Kier alpha value is -2.64. The summed E-state index contributed by atoms with van der Waals surface area (Å²) in [4.78, 5) is 21.2. The van der Waals surface area contributed by atoms with E-state index >= 15 is 0 Å². The molecule has 0 atom stereocenters. The maximum absolute atomic E-state index is 13.3. The predicted molar refractivity (Wildman–Crippen MR) is 118 cm³/mol. The number of para-hydroxylation sites is 1. The van der Waals surface area contributed by atoms with Gasteiger partial charge in [0.25, 0.3) is 5.91 Å². The van der Waals surface area contributed by atoms with Gasteiger partial charge in [-0.3, -0.25) is 9.69 Å². The molecule has 1 heterocycles. The van der Waals surface area contributed by atoms with E-state index in [1.165, 1.54) is 16.2 Å². The fourth-order valence-electron chi connectivity index (χ4n) is 3.06. The molecule has 154 valence electrons. The third kappa shape index (κ3) is 5.05. The quantitative estimate of drug-likeness (QED) is 0.585. The number of anilines is 1. The van der Waals surface area contributed by atoms with Crippen LogP contribution < -0.4 is 19.3 Å². The number of amides is 1. The summed E-state index contributed by atoms with van der Waals surface area (Å²) < 4.78 is 11.9. The normalized spacial score (nSPS) is 11.1. The highest BCUT2D eigenvalue weighted by molar-refractivity contribution is 7.22. The lowest BCUT2D eigenvalue weighted by molar-refractivity contribution is -0.858. The maximum atomic E-state index is 13.3. The van der Waals surface area contributed by atoms with Gasteiger partial charge in [0, 0.05) is 18.5 Å². The standard InChI is InChI=1S/C22H27N3O3S/c1-5-28-18-8-6-9-19-20(18)23-22(29-19)25(15-7-14-24(2)3)21(26)16-10-12-17(27-4)13-11-16/h6,8-13H,5,7,14-15H2,1-4H3/p+1. The van der Waals surface area contributed by atoms with Gasteiger partial charge in [0.15, 0.2) is 5.13 Å². The van der Waals surface area contributed by atoms with Crippen molar-refractivity contribution >= 4 is 32.6 Å². The van der Waals surface area contributed by atoms with Gasteiger partial charge >= 0.3 is 0 Å². The molecule has 1 amide bonds. The second-order valence-electron chi connectivity index (χ2n) is 7.03. The number of quaternary nitrogens is 1. The lowest BCUT2D eigenvalue weighted by atomic mass is 10.2. The Kier molecular flexibility index (Phi) is 7.06. The zero-order valence-electron chi connectivity index (χ0n) is 17.4. The van der Waals surface area contributed by atoms with Crippen LogP contribution in [0.2, 0.25) is 0 Å². The number of rotatable bonds is 9. The Balaban J connectivity index is 1.94. The number of carbonyl (C=O) groups excluding carboxylic acids is 1. The zero-order valence-corrected chi connectivity index (χ0v) is 18.2. The number of carbonyl (C=O) groups is 1. The second-order valence-corrected chi connectivity index (χ2v) is 8.04. The Labute approximate surface area is 175 Å². The first kappa shape index (κ1) is 21.1. The van der Waals surface area contributed by atoms with Crippen molar-refractivity contribution < 1.29 is 19.2 Å². The van der Waals surface area contributed by atoms with Crippen molar-refractivity contribution in [3.8, 4) is 11.5 Å². The van der Waals surface area contributed by atoms with Crippen LogP contribution in [0.15, 0.2) is 42.5 Å². The van der Waals surface area contributed by atoms with Gasteiger partial charge in [0.2, 0.25) is 0 Å². The molecule has 0 unspecified atom stereocenters. The first-order valence-corrected chi connectivity index (χ1v) is 10.6. The average Bonchev–Trinajstić information content (AvgIpc) is 3.16.